The molecule has 0 aliphatic carbocycles. The van der Waals surface area contributed by atoms with Crippen LogP contribution in [0.4, 0.5) is 4.39 Å². The summed E-state index contributed by atoms with van der Waals surface area (Å²) in [7, 11) is 0. The summed E-state index contributed by atoms with van der Waals surface area (Å²) in [4.78, 5) is 0. The molecule has 0 spiro atoms. The summed E-state index contributed by atoms with van der Waals surface area (Å²) in [5.74, 6) is -0.399. The zero-order chi connectivity index (χ0) is 14.7. The molecule has 2 rings (SSSR count). The highest BCUT2D eigenvalue weighted by Gasteiger charge is 2.17. The third-order valence-corrected chi connectivity index (χ3v) is 3.88. The zero-order valence-electron chi connectivity index (χ0n) is 11.7. The molecule has 20 heavy (non-hydrogen) atoms. The van der Waals surface area contributed by atoms with Crippen LogP contribution in [0.5, 0.6) is 0 Å². The van der Waals surface area contributed by atoms with E-state index >= 15 is 0 Å². The van der Waals surface area contributed by atoms with Crippen molar-refractivity contribution in [2.24, 2.45) is 0 Å². The number of aliphatic hydroxyl groups excluding tert-OH is 1. The summed E-state index contributed by atoms with van der Waals surface area (Å²) < 4.78 is 13.1. The first-order valence-electron chi connectivity index (χ1n) is 6.81. The molecule has 0 saturated heterocycles. The number of aryl methyl sites for hydroxylation is 2. The van der Waals surface area contributed by atoms with E-state index < -0.39 is 11.9 Å². The van der Waals surface area contributed by atoms with Crippen molar-refractivity contribution in [1.82, 2.24) is 0 Å². The average molecular weight is 293 g/mol. The number of aliphatic hydroxyl groups is 1. The van der Waals surface area contributed by atoms with Crippen LogP contribution in [0.3, 0.4) is 0 Å². The predicted octanol–water partition coefficient (Wildman–Crippen LogP) is 4.69. The molecule has 0 bridgehead atoms. The fourth-order valence-electron chi connectivity index (χ4n) is 2.33. The SMILES string of the molecule is CCc1ccc(CC)c(C(O)c2ccc(F)cc2Cl)c1. The van der Waals surface area contributed by atoms with E-state index in [1.807, 2.05) is 19.1 Å². The van der Waals surface area contributed by atoms with Crippen LogP contribution < -0.4 is 0 Å². The molecule has 2 aromatic carbocycles. The fourth-order valence-corrected chi connectivity index (χ4v) is 2.60. The Labute approximate surface area is 124 Å². The maximum Gasteiger partial charge on any atom is 0.124 e. The van der Waals surface area contributed by atoms with Crippen molar-refractivity contribution in [3.05, 3.63) is 69.5 Å². The van der Waals surface area contributed by atoms with Gasteiger partial charge in [0.1, 0.15) is 11.9 Å². The van der Waals surface area contributed by atoms with E-state index in [-0.39, 0.29) is 5.02 Å². The zero-order valence-corrected chi connectivity index (χ0v) is 12.4. The molecule has 0 aliphatic heterocycles. The van der Waals surface area contributed by atoms with Crippen molar-refractivity contribution in [3.63, 3.8) is 0 Å². The van der Waals surface area contributed by atoms with Crippen molar-refractivity contribution in [1.29, 1.82) is 0 Å². The van der Waals surface area contributed by atoms with Gasteiger partial charge in [-0.15, -0.1) is 0 Å². The van der Waals surface area contributed by atoms with Gasteiger partial charge < -0.3 is 5.11 Å². The van der Waals surface area contributed by atoms with Crippen LogP contribution in [0.25, 0.3) is 0 Å². The van der Waals surface area contributed by atoms with Crippen molar-refractivity contribution in [2.75, 3.05) is 0 Å². The van der Waals surface area contributed by atoms with E-state index in [1.165, 1.54) is 12.1 Å². The highest BCUT2D eigenvalue weighted by atomic mass is 35.5. The molecule has 2 aromatic rings. The third kappa shape index (κ3) is 3.02. The second kappa shape index (κ2) is 6.38. The molecule has 0 aromatic heterocycles. The van der Waals surface area contributed by atoms with Gasteiger partial charge in [-0.25, -0.2) is 4.39 Å². The molecule has 106 valence electrons. The summed E-state index contributed by atoms with van der Waals surface area (Å²) in [6, 6.07) is 10.2. The van der Waals surface area contributed by atoms with Crippen molar-refractivity contribution in [2.45, 2.75) is 32.8 Å². The lowest BCUT2D eigenvalue weighted by atomic mass is 9.93. The van der Waals surface area contributed by atoms with Gasteiger partial charge in [0.25, 0.3) is 0 Å². The van der Waals surface area contributed by atoms with E-state index in [4.69, 9.17) is 11.6 Å². The highest BCUT2D eigenvalue weighted by molar-refractivity contribution is 6.31. The lowest BCUT2D eigenvalue weighted by Crippen LogP contribution is -2.05. The summed E-state index contributed by atoms with van der Waals surface area (Å²) in [5.41, 5.74) is 3.63. The predicted molar refractivity (Wildman–Crippen MR) is 80.7 cm³/mol. The molecule has 0 aliphatic rings. The number of hydrogen-bond acceptors (Lipinski definition) is 1. The second-order valence-electron chi connectivity index (χ2n) is 4.81. The van der Waals surface area contributed by atoms with Crippen molar-refractivity contribution >= 4 is 11.6 Å². The van der Waals surface area contributed by atoms with Gasteiger partial charge >= 0.3 is 0 Å². The minimum absolute atomic E-state index is 0.251. The molecule has 1 unspecified atom stereocenters. The molecule has 0 amide bonds. The minimum atomic E-state index is -0.829. The van der Waals surface area contributed by atoms with Crippen LogP contribution in [-0.2, 0) is 12.8 Å². The Kier molecular flexibility index (Phi) is 4.79. The smallest absolute Gasteiger partial charge is 0.124 e. The van der Waals surface area contributed by atoms with Crippen LogP contribution >= 0.6 is 11.6 Å². The van der Waals surface area contributed by atoms with Crippen LogP contribution in [-0.4, -0.2) is 5.11 Å². The maximum atomic E-state index is 13.1. The average Bonchev–Trinajstić information content (AvgIpc) is 2.46. The molecular weight excluding hydrogens is 275 g/mol. The van der Waals surface area contributed by atoms with Crippen LogP contribution in [0.1, 0.15) is 42.2 Å². The number of hydrogen-bond donors (Lipinski definition) is 1. The minimum Gasteiger partial charge on any atom is -0.384 e. The lowest BCUT2D eigenvalue weighted by Gasteiger charge is -2.18. The molecule has 1 atom stereocenters. The molecule has 1 nitrogen and oxygen atoms in total. The Morgan fingerprint density at radius 2 is 1.80 bits per heavy atom. The third-order valence-electron chi connectivity index (χ3n) is 3.55. The standard InChI is InChI=1S/C17H18ClFO/c1-3-11-5-6-12(4-2)15(9-11)17(20)14-8-7-13(19)10-16(14)18/h5-10,17,20H,3-4H2,1-2H3. The first kappa shape index (κ1) is 15.0. The highest BCUT2D eigenvalue weighted by Crippen LogP contribution is 2.31. The van der Waals surface area contributed by atoms with Crippen LogP contribution in [0.2, 0.25) is 5.02 Å². The molecule has 0 heterocycles. The summed E-state index contributed by atoms with van der Waals surface area (Å²) in [6.45, 7) is 4.12. The molecule has 0 saturated carbocycles. The first-order valence-corrected chi connectivity index (χ1v) is 7.19. The van der Waals surface area contributed by atoms with Crippen LogP contribution in [0.15, 0.2) is 36.4 Å². The van der Waals surface area contributed by atoms with Gasteiger partial charge in [-0.2, -0.15) is 0 Å². The van der Waals surface area contributed by atoms with Crippen LogP contribution in [0, 0.1) is 5.82 Å². The Bertz CT molecular complexity index is 610. The van der Waals surface area contributed by atoms with Gasteiger partial charge in [0.05, 0.1) is 0 Å². The fraction of sp³-hybridized carbons (Fsp3) is 0.294. The normalized spacial score (nSPS) is 12.4. The van der Waals surface area contributed by atoms with Gasteiger partial charge in [-0.3, -0.25) is 0 Å². The molecule has 0 radical (unpaired) electrons. The first-order chi connectivity index (χ1) is 9.56. The van der Waals surface area contributed by atoms with Gasteiger partial charge in [-0.1, -0.05) is 49.7 Å². The van der Waals surface area contributed by atoms with E-state index in [9.17, 15) is 9.50 Å². The Hall–Kier alpha value is -1.38. The maximum absolute atomic E-state index is 13.1. The summed E-state index contributed by atoms with van der Waals surface area (Å²) in [5, 5.41) is 10.8. The molecular formula is C17H18ClFO. The van der Waals surface area contributed by atoms with E-state index in [1.54, 1.807) is 6.07 Å². The van der Waals surface area contributed by atoms with E-state index in [2.05, 4.69) is 13.0 Å². The topological polar surface area (TPSA) is 20.2 Å². The Morgan fingerprint density at radius 1 is 1.05 bits per heavy atom. The lowest BCUT2D eigenvalue weighted by molar-refractivity contribution is 0.219. The molecule has 0 fully saturated rings. The van der Waals surface area contributed by atoms with Gasteiger partial charge in [0.15, 0.2) is 0 Å². The van der Waals surface area contributed by atoms with Crippen molar-refractivity contribution < 1.29 is 9.50 Å². The van der Waals surface area contributed by atoms with Crippen molar-refractivity contribution in [3.8, 4) is 0 Å². The van der Waals surface area contributed by atoms with Gasteiger partial charge in [0.2, 0.25) is 0 Å². The molecule has 3 heteroatoms. The number of rotatable bonds is 4. The van der Waals surface area contributed by atoms with E-state index in [0.717, 1.165) is 29.5 Å². The number of halogens is 2. The quantitative estimate of drug-likeness (QED) is 0.867. The number of benzene rings is 2. The Morgan fingerprint density at radius 3 is 2.40 bits per heavy atom. The van der Waals surface area contributed by atoms with E-state index in [0.29, 0.717) is 5.56 Å². The largest absolute Gasteiger partial charge is 0.384 e. The molecule has 1 N–H and O–H groups in total. The van der Waals surface area contributed by atoms with Gasteiger partial charge in [0, 0.05) is 10.6 Å². The summed E-state index contributed by atoms with van der Waals surface area (Å²) >= 11 is 6.04. The Balaban J connectivity index is 2.48. The summed E-state index contributed by atoms with van der Waals surface area (Å²) in [6.07, 6.45) is 0.903. The monoisotopic (exact) mass is 292 g/mol. The second-order valence-corrected chi connectivity index (χ2v) is 5.22. The van der Waals surface area contributed by atoms with Gasteiger partial charge in [-0.05, 0) is 41.7 Å².